The molecule has 1 aliphatic rings. The van der Waals surface area contributed by atoms with E-state index in [0.29, 0.717) is 17.3 Å². The average Bonchev–Trinajstić information content (AvgIpc) is 2.70. The van der Waals surface area contributed by atoms with E-state index in [0.717, 1.165) is 18.4 Å². The van der Waals surface area contributed by atoms with Crippen LogP contribution in [0.25, 0.3) is 0 Å². The van der Waals surface area contributed by atoms with Crippen molar-refractivity contribution < 1.29 is 14.3 Å². The molecule has 2 unspecified atom stereocenters. The van der Waals surface area contributed by atoms with Gasteiger partial charge < -0.3 is 15.0 Å². The van der Waals surface area contributed by atoms with Crippen molar-refractivity contribution in [2.75, 3.05) is 25.6 Å². The van der Waals surface area contributed by atoms with Gasteiger partial charge in [0, 0.05) is 24.4 Å². The number of halogens is 1. The summed E-state index contributed by atoms with van der Waals surface area (Å²) in [6.07, 6.45) is 1.45. The Morgan fingerprint density at radius 2 is 1.81 bits per heavy atom. The number of carbonyl (C=O) groups excluding carboxylic acids is 2. The van der Waals surface area contributed by atoms with Gasteiger partial charge in [-0.3, -0.25) is 9.59 Å². The van der Waals surface area contributed by atoms with Gasteiger partial charge in [-0.15, -0.1) is 0 Å². The smallest absolute Gasteiger partial charge is 0.249 e. The lowest BCUT2D eigenvalue weighted by Gasteiger charge is -2.39. The Bertz CT molecular complexity index is 780. The number of nitrogens with zero attached hydrogens (tertiary/aromatic N) is 1. The van der Waals surface area contributed by atoms with Gasteiger partial charge in [0.05, 0.1) is 12.0 Å². The number of piperidine rings is 1. The molecular formula is C21H23ClN2O3. The second-order valence-electron chi connectivity index (χ2n) is 6.68. The summed E-state index contributed by atoms with van der Waals surface area (Å²) in [7, 11) is 1.50. The molecule has 1 aliphatic heterocycles. The number of ether oxygens (including phenoxy) is 1. The molecule has 2 atom stereocenters. The molecular weight excluding hydrogens is 364 g/mol. The number of hydrogen-bond acceptors (Lipinski definition) is 3. The van der Waals surface area contributed by atoms with Crippen LogP contribution in [0.3, 0.4) is 0 Å². The third kappa shape index (κ3) is 4.87. The highest BCUT2D eigenvalue weighted by Gasteiger charge is 2.35. The van der Waals surface area contributed by atoms with Crippen molar-refractivity contribution in [2.24, 2.45) is 5.92 Å². The standard InChI is InChI=1S/C21H23ClN2O3/c1-27-14-20(25)24-13-16(7-12-19(24)15-5-3-2-4-6-15)21(26)23-18-10-8-17(22)9-11-18/h2-6,8-11,16,19H,7,12-14H2,1H3,(H,23,26). The summed E-state index contributed by atoms with van der Waals surface area (Å²) < 4.78 is 5.04. The molecule has 0 spiro atoms. The minimum absolute atomic E-state index is 0.00879. The lowest BCUT2D eigenvalue weighted by atomic mass is 9.88. The minimum Gasteiger partial charge on any atom is -0.375 e. The second kappa shape index (κ2) is 9.02. The summed E-state index contributed by atoms with van der Waals surface area (Å²) in [5.41, 5.74) is 1.78. The van der Waals surface area contributed by atoms with E-state index in [4.69, 9.17) is 16.3 Å². The predicted octanol–water partition coefficient (Wildman–Crippen LogP) is 3.90. The molecule has 5 nitrogen and oxygen atoms in total. The van der Waals surface area contributed by atoms with E-state index in [1.54, 1.807) is 29.2 Å². The Morgan fingerprint density at radius 1 is 1.11 bits per heavy atom. The number of benzene rings is 2. The maximum atomic E-state index is 12.7. The van der Waals surface area contributed by atoms with Crippen LogP contribution in [-0.2, 0) is 14.3 Å². The Hall–Kier alpha value is -2.37. The zero-order valence-corrected chi connectivity index (χ0v) is 16.0. The predicted molar refractivity (Wildman–Crippen MR) is 106 cm³/mol. The molecule has 3 rings (SSSR count). The fourth-order valence-corrected chi connectivity index (χ4v) is 3.59. The highest BCUT2D eigenvalue weighted by molar-refractivity contribution is 6.30. The van der Waals surface area contributed by atoms with Crippen LogP contribution in [0.15, 0.2) is 54.6 Å². The monoisotopic (exact) mass is 386 g/mol. The van der Waals surface area contributed by atoms with Gasteiger partial charge in [0.2, 0.25) is 11.8 Å². The molecule has 0 aromatic heterocycles. The molecule has 0 aliphatic carbocycles. The van der Waals surface area contributed by atoms with Crippen molar-refractivity contribution in [1.29, 1.82) is 0 Å². The number of hydrogen-bond donors (Lipinski definition) is 1. The highest BCUT2D eigenvalue weighted by Crippen LogP contribution is 2.34. The zero-order chi connectivity index (χ0) is 19.2. The van der Waals surface area contributed by atoms with Gasteiger partial charge in [-0.2, -0.15) is 0 Å². The van der Waals surface area contributed by atoms with Crippen LogP contribution < -0.4 is 5.32 Å². The number of anilines is 1. The highest BCUT2D eigenvalue weighted by atomic mass is 35.5. The first-order valence-corrected chi connectivity index (χ1v) is 9.36. The Balaban J connectivity index is 1.73. The molecule has 2 amide bonds. The largest absolute Gasteiger partial charge is 0.375 e. The molecule has 1 saturated heterocycles. The van der Waals surface area contributed by atoms with Crippen molar-refractivity contribution in [3.8, 4) is 0 Å². The lowest BCUT2D eigenvalue weighted by Crippen LogP contribution is -2.46. The average molecular weight is 387 g/mol. The molecule has 1 fully saturated rings. The molecule has 142 valence electrons. The van der Waals surface area contributed by atoms with Crippen molar-refractivity contribution in [3.05, 3.63) is 65.2 Å². The van der Waals surface area contributed by atoms with Crippen LogP contribution in [-0.4, -0.2) is 37.0 Å². The van der Waals surface area contributed by atoms with E-state index in [1.807, 2.05) is 30.3 Å². The van der Waals surface area contributed by atoms with E-state index in [9.17, 15) is 9.59 Å². The summed E-state index contributed by atoms with van der Waals surface area (Å²) in [5.74, 6) is -0.448. The van der Waals surface area contributed by atoms with E-state index in [-0.39, 0.29) is 30.4 Å². The van der Waals surface area contributed by atoms with Gasteiger partial charge in [0.15, 0.2) is 0 Å². The van der Waals surface area contributed by atoms with Gasteiger partial charge in [-0.1, -0.05) is 41.9 Å². The maximum Gasteiger partial charge on any atom is 0.249 e. The van der Waals surface area contributed by atoms with Crippen LogP contribution in [0, 0.1) is 5.92 Å². The lowest BCUT2D eigenvalue weighted by molar-refractivity contribution is -0.141. The summed E-state index contributed by atoms with van der Waals surface area (Å²) in [5, 5.41) is 3.54. The van der Waals surface area contributed by atoms with Crippen molar-refractivity contribution in [2.45, 2.75) is 18.9 Å². The van der Waals surface area contributed by atoms with Gasteiger partial charge in [0.25, 0.3) is 0 Å². The number of rotatable bonds is 5. The van der Waals surface area contributed by atoms with Crippen LogP contribution in [0.1, 0.15) is 24.4 Å². The first-order chi connectivity index (χ1) is 13.1. The van der Waals surface area contributed by atoms with Crippen molar-refractivity contribution in [1.82, 2.24) is 4.90 Å². The molecule has 0 saturated carbocycles. The van der Waals surface area contributed by atoms with E-state index in [1.165, 1.54) is 7.11 Å². The molecule has 1 N–H and O–H groups in total. The van der Waals surface area contributed by atoms with Crippen LogP contribution >= 0.6 is 11.6 Å². The van der Waals surface area contributed by atoms with Crippen molar-refractivity contribution in [3.63, 3.8) is 0 Å². The van der Waals surface area contributed by atoms with Crippen molar-refractivity contribution >= 4 is 29.1 Å². The molecule has 2 aromatic rings. The topological polar surface area (TPSA) is 58.6 Å². The fraction of sp³-hybridized carbons (Fsp3) is 0.333. The van der Waals surface area contributed by atoms with Gasteiger partial charge >= 0.3 is 0 Å². The third-order valence-corrected chi connectivity index (χ3v) is 5.09. The van der Waals surface area contributed by atoms with E-state index >= 15 is 0 Å². The third-order valence-electron chi connectivity index (χ3n) is 4.84. The first-order valence-electron chi connectivity index (χ1n) is 8.98. The minimum atomic E-state index is -0.263. The summed E-state index contributed by atoms with van der Waals surface area (Å²) in [6.45, 7) is 0.385. The Kier molecular flexibility index (Phi) is 6.48. The van der Waals surface area contributed by atoms with Gasteiger partial charge in [-0.05, 0) is 42.7 Å². The van der Waals surface area contributed by atoms with Gasteiger partial charge in [0.1, 0.15) is 6.61 Å². The quantitative estimate of drug-likeness (QED) is 0.847. The summed E-state index contributed by atoms with van der Waals surface area (Å²) >= 11 is 5.89. The first kappa shape index (κ1) is 19.4. The number of nitrogens with one attached hydrogen (secondary N) is 1. The van der Waals surface area contributed by atoms with E-state index < -0.39 is 0 Å². The Labute approximate surface area is 164 Å². The maximum absolute atomic E-state index is 12.7. The number of amides is 2. The number of methoxy groups -OCH3 is 1. The number of likely N-dealkylation sites (tertiary alicyclic amines) is 1. The van der Waals surface area contributed by atoms with E-state index in [2.05, 4.69) is 5.32 Å². The summed E-state index contributed by atoms with van der Waals surface area (Å²) in [6, 6.07) is 16.9. The molecule has 1 heterocycles. The fourth-order valence-electron chi connectivity index (χ4n) is 3.47. The zero-order valence-electron chi connectivity index (χ0n) is 15.2. The molecule has 6 heteroatoms. The Morgan fingerprint density at radius 3 is 2.48 bits per heavy atom. The molecule has 27 heavy (non-hydrogen) atoms. The number of carbonyl (C=O) groups is 2. The summed E-state index contributed by atoms with van der Waals surface area (Å²) in [4.78, 5) is 27.1. The second-order valence-corrected chi connectivity index (χ2v) is 7.11. The van der Waals surface area contributed by atoms with Gasteiger partial charge in [-0.25, -0.2) is 0 Å². The van der Waals surface area contributed by atoms with Crippen LogP contribution in [0.2, 0.25) is 5.02 Å². The van der Waals surface area contributed by atoms with Crippen LogP contribution in [0.4, 0.5) is 5.69 Å². The molecule has 0 radical (unpaired) electrons. The normalized spacial score (nSPS) is 19.6. The molecule has 2 aromatic carbocycles. The van der Waals surface area contributed by atoms with Crippen LogP contribution in [0.5, 0.6) is 0 Å². The molecule has 0 bridgehead atoms. The SMILES string of the molecule is COCC(=O)N1CC(C(=O)Nc2ccc(Cl)cc2)CCC1c1ccccc1.